The van der Waals surface area contributed by atoms with Gasteiger partial charge < -0.3 is 9.88 Å². The van der Waals surface area contributed by atoms with Crippen LogP contribution in [-0.4, -0.2) is 26.1 Å². The van der Waals surface area contributed by atoms with Crippen LogP contribution < -0.4 is 5.32 Å². The van der Waals surface area contributed by atoms with Gasteiger partial charge in [-0.1, -0.05) is 5.21 Å². The molecule has 0 aliphatic rings. The fraction of sp³-hybridized carbons (Fsp3) is 0.364. The van der Waals surface area contributed by atoms with E-state index < -0.39 is 0 Å². The second-order valence-electron chi connectivity index (χ2n) is 3.80. The maximum absolute atomic E-state index is 8.82. The normalized spacial score (nSPS) is 10.4. The van der Waals surface area contributed by atoms with E-state index in [0.717, 1.165) is 25.2 Å². The minimum Gasteiger partial charge on any atom is -0.342 e. The van der Waals surface area contributed by atoms with Gasteiger partial charge in [-0.3, -0.25) is 4.68 Å². The molecule has 0 radical (unpaired) electrons. The van der Waals surface area contributed by atoms with Crippen LogP contribution in [0.4, 0.5) is 0 Å². The van der Waals surface area contributed by atoms with E-state index >= 15 is 0 Å². The summed E-state index contributed by atoms with van der Waals surface area (Å²) in [6, 6.07) is 4.03. The van der Waals surface area contributed by atoms with Crippen LogP contribution in [-0.2, 0) is 20.1 Å². The predicted octanol–water partition coefficient (Wildman–Crippen LogP) is 0.278. The molecule has 0 aromatic carbocycles. The van der Waals surface area contributed by atoms with Crippen molar-refractivity contribution in [1.29, 1.82) is 5.26 Å². The summed E-state index contributed by atoms with van der Waals surface area (Å²) < 4.78 is 3.60. The molecule has 1 N–H and O–H groups in total. The lowest BCUT2D eigenvalue weighted by molar-refractivity contribution is 0.540. The zero-order valence-corrected chi connectivity index (χ0v) is 9.67. The minimum absolute atomic E-state index is 0.679. The molecule has 0 bridgehead atoms. The lowest BCUT2D eigenvalue weighted by atomic mass is 10.3. The number of hydrogen-bond donors (Lipinski definition) is 1. The van der Waals surface area contributed by atoms with Crippen LogP contribution in [0.1, 0.15) is 11.3 Å². The molecular weight excluding hydrogens is 216 g/mol. The van der Waals surface area contributed by atoms with Crippen LogP contribution in [0.3, 0.4) is 0 Å². The van der Waals surface area contributed by atoms with Crippen molar-refractivity contribution >= 4 is 0 Å². The Hall–Kier alpha value is -2.13. The van der Waals surface area contributed by atoms with Gasteiger partial charge in [0.15, 0.2) is 0 Å². The summed E-state index contributed by atoms with van der Waals surface area (Å²) in [5.41, 5.74) is 1.79. The highest BCUT2D eigenvalue weighted by Crippen LogP contribution is 2.05. The molecule has 2 rings (SSSR count). The highest BCUT2D eigenvalue weighted by atomic mass is 15.4. The number of aryl methyl sites for hydroxylation is 1. The van der Waals surface area contributed by atoms with Crippen LogP contribution in [0.15, 0.2) is 24.7 Å². The molecule has 0 aliphatic carbocycles. The third-order valence-corrected chi connectivity index (χ3v) is 2.49. The van der Waals surface area contributed by atoms with Crippen molar-refractivity contribution in [2.24, 2.45) is 7.05 Å². The van der Waals surface area contributed by atoms with Crippen molar-refractivity contribution in [3.05, 3.63) is 35.9 Å². The number of nitrogens with zero attached hydrogens (tertiary/aromatic N) is 5. The van der Waals surface area contributed by atoms with Crippen molar-refractivity contribution < 1.29 is 0 Å². The second-order valence-corrected chi connectivity index (χ2v) is 3.80. The Morgan fingerprint density at radius 3 is 3.06 bits per heavy atom. The highest BCUT2D eigenvalue weighted by molar-refractivity contribution is 5.28. The molecule has 0 unspecified atom stereocenters. The molecule has 0 amide bonds. The lowest BCUT2D eigenvalue weighted by Crippen LogP contribution is -2.19. The summed E-state index contributed by atoms with van der Waals surface area (Å²) in [7, 11) is 1.87. The number of nitriles is 1. The Morgan fingerprint density at radius 1 is 1.53 bits per heavy atom. The molecule has 2 heterocycles. The van der Waals surface area contributed by atoms with E-state index in [1.165, 1.54) is 0 Å². The lowest BCUT2D eigenvalue weighted by Gasteiger charge is -2.02. The molecule has 0 spiro atoms. The first-order chi connectivity index (χ1) is 8.29. The topological polar surface area (TPSA) is 71.5 Å². The van der Waals surface area contributed by atoms with Crippen molar-refractivity contribution in [2.45, 2.75) is 13.1 Å². The van der Waals surface area contributed by atoms with E-state index in [2.05, 4.69) is 21.7 Å². The first kappa shape index (κ1) is 11.4. The molecule has 0 aliphatic heterocycles. The second kappa shape index (κ2) is 5.27. The third kappa shape index (κ3) is 2.92. The zero-order chi connectivity index (χ0) is 12.1. The fourth-order valence-electron chi connectivity index (χ4n) is 1.62. The summed E-state index contributed by atoms with van der Waals surface area (Å²) in [4.78, 5) is 0. The van der Waals surface area contributed by atoms with Gasteiger partial charge in [0.25, 0.3) is 0 Å². The maximum Gasteiger partial charge on any atom is 0.120 e. The predicted molar refractivity (Wildman–Crippen MR) is 61.9 cm³/mol. The molecule has 17 heavy (non-hydrogen) atoms. The van der Waals surface area contributed by atoms with E-state index in [1.807, 2.05) is 30.1 Å². The average molecular weight is 230 g/mol. The minimum atomic E-state index is 0.679. The third-order valence-electron chi connectivity index (χ3n) is 2.49. The largest absolute Gasteiger partial charge is 0.342 e. The van der Waals surface area contributed by atoms with Crippen molar-refractivity contribution in [3.8, 4) is 6.07 Å². The highest BCUT2D eigenvalue weighted by Gasteiger charge is 2.01. The van der Waals surface area contributed by atoms with E-state index in [1.54, 1.807) is 10.9 Å². The van der Waals surface area contributed by atoms with Gasteiger partial charge in [0.2, 0.25) is 0 Å². The fourth-order valence-corrected chi connectivity index (χ4v) is 1.62. The van der Waals surface area contributed by atoms with Gasteiger partial charge in [0, 0.05) is 32.5 Å². The summed E-state index contributed by atoms with van der Waals surface area (Å²) in [5, 5.41) is 19.7. The van der Waals surface area contributed by atoms with Gasteiger partial charge in [0.05, 0.1) is 12.7 Å². The molecule has 88 valence electrons. The van der Waals surface area contributed by atoms with E-state index in [-0.39, 0.29) is 0 Å². The summed E-state index contributed by atoms with van der Waals surface area (Å²) >= 11 is 0. The van der Waals surface area contributed by atoms with E-state index in [0.29, 0.717) is 5.69 Å². The van der Waals surface area contributed by atoms with Gasteiger partial charge in [-0.05, 0) is 11.6 Å². The SMILES string of the molecule is Cn1cc(CNCCn2ccnn2)cc1C#N. The van der Waals surface area contributed by atoms with Crippen molar-refractivity contribution in [2.75, 3.05) is 6.54 Å². The molecule has 6 heteroatoms. The molecule has 0 atom stereocenters. The first-order valence-corrected chi connectivity index (χ1v) is 5.40. The number of nitrogens with one attached hydrogen (secondary N) is 1. The molecule has 0 saturated heterocycles. The molecule has 0 fully saturated rings. The molecule has 2 aromatic rings. The summed E-state index contributed by atoms with van der Waals surface area (Å²) in [6.07, 6.45) is 5.45. The standard InChI is InChI=1S/C11H14N6/c1-16-9-10(6-11(16)7-12)8-13-2-4-17-5-3-14-15-17/h3,5-6,9,13H,2,4,8H2,1H3. The maximum atomic E-state index is 8.82. The van der Waals surface area contributed by atoms with Crippen molar-refractivity contribution in [1.82, 2.24) is 24.9 Å². The number of aromatic nitrogens is 4. The molecule has 6 nitrogen and oxygen atoms in total. The first-order valence-electron chi connectivity index (χ1n) is 5.40. The van der Waals surface area contributed by atoms with Gasteiger partial charge in [-0.25, -0.2) is 0 Å². The smallest absolute Gasteiger partial charge is 0.120 e. The van der Waals surface area contributed by atoms with E-state index in [9.17, 15) is 0 Å². The average Bonchev–Trinajstić information content (AvgIpc) is 2.94. The van der Waals surface area contributed by atoms with Crippen LogP contribution in [0.5, 0.6) is 0 Å². The Labute approximate surface area is 99.5 Å². The van der Waals surface area contributed by atoms with Crippen molar-refractivity contribution in [3.63, 3.8) is 0 Å². The number of rotatable bonds is 5. The van der Waals surface area contributed by atoms with Gasteiger partial charge in [-0.2, -0.15) is 5.26 Å². The van der Waals surface area contributed by atoms with Gasteiger partial charge >= 0.3 is 0 Å². The van der Waals surface area contributed by atoms with E-state index in [4.69, 9.17) is 5.26 Å². The Balaban J connectivity index is 1.76. The monoisotopic (exact) mass is 230 g/mol. The van der Waals surface area contributed by atoms with Crippen LogP contribution >= 0.6 is 0 Å². The Kier molecular flexibility index (Phi) is 3.52. The molecule has 2 aromatic heterocycles. The zero-order valence-electron chi connectivity index (χ0n) is 9.67. The Bertz CT molecular complexity index is 505. The molecular formula is C11H14N6. The van der Waals surface area contributed by atoms with Crippen LogP contribution in [0, 0.1) is 11.3 Å². The number of hydrogen-bond acceptors (Lipinski definition) is 4. The van der Waals surface area contributed by atoms with Crippen LogP contribution in [0.2, 0.25) is 0 Å². The van der Waals surface area contributed by atoms with Gasteiger partial charge in [0.1, 0.15) is 11.8 Å². The molecule has 0 saturated carbocycles. The van der Waals surface area contributed by atoms with Crippen LogP contribution in [0.25, 0.3) is 0 Å². The van der Waals surface area contributed by atoms with Gasteiger partial charge in [-0.15, -0.1) is 5.10 Å². The quantitative estimate of drug-likeness (QED) is 0.749. The summed E-state index contributed by atoms with van der Waals surface area (Å²) in [5.74, 6) is 0. The summed E-state index contributed by atoms with van der Waals surface area (Å²) in [6.45, 7) is 2.36. The Morgan fingerprint density at radius 2 is 2.41 bits per heavy atom.